The second-order valence-electron chi connectivity index (χ2n) is 8.78. The van der Waals surface area contributed by atoms with E-state index in [2.05, 4.69) is 16.0 Å². The summed E-state index contributed by atoms with van der Waals surface area (Å²) >= 11 is 11.7. The van der Waals surface area contributed by atoms with Gasteiger partial charge < -0.3 is 46.4 Å². The Balaban J connectivity index is 0.000000983. The highest BCUT2D eigenvalue weighted by Crippen LogP contribution is 2.20. The molecule has 18 heteroatoms. The van der Waals surface area contributed by atoms with E-state index < -0.39 is 67.1 Å². The second-order valence-corrected chi connectivity index (χ2v) is 9.62. The lowest BCUT2D eigenvalue weighted by molar-refractivity contribution is -0.170. The number of nitrogens with one attached hydrogen (secondary N) is 3. The van der Waals surface area contributed by atoms with Crippen molar-refractivity contribution >= 4 is 65.9 Å². The molecule has 0 unspecified atom stereocenters. The minimum absolute atomic E-state index is 0.128. The van der Waals surface area contributed by atoms with Gasteiger partial charge in [0.2, 0.25) is 11.8 Å². The first-order valence-electron chi connectivity index (χ1n) is 11.4. The Morgan fingerprint density at radius 2 is 1.43 bits per heavy atom. The van der Waals surface area contributed by atoms with Crippen LogP contribution in [0.25, 0.3) is 0 Å². The van der Waals surface area contributed by atoms with Crippen molar-refractivity contribution in [2.24, 2.45) is 5.92 Å². The van der Waals surface area contributed by atoms with E-state index in [1.165, 1.54) is 18.2 Å². The predicted octanol–water partition coefficient (Wildman–Crippen LogP) is -0.866. The summed E-state index contributed by atoms with van der Waals surface area (Å²) in [5.74, 6) is -7.47. The Kier molecular flexibility index (Phi) is 15.8. The van der Waals surface area contributed by atoms with Gasteiger partial charge in [-0.1, -0.05) is 37.0 Å². The summed E-state index contributed by atoms with van der Waals surface area (Å²) in [6.07, 6.45) is -1.92. The molecule has 1 aromatic rings. The number of carbonyl (C=O) groups excluding carboxylic acids is 3. The number of rotatable bonds is 14. The summed E-state index contributed by atoms with van der Waals surface area (Å²) in [5, 5.41) is 60.0. The van der Waals surface area contributed by atoms with Crippen LogP contribution in [0.3, 0.4) is 0 Å². The number of aliphatic hydroxyl groups is 1. The van der Waals surface area contributed by atoms with Crippen LogP contribution in [0.15, 0.2) is 18.2 Å². The molecule has 9 N–H and O–H groups in total. The van der Waals surface area contributed by atoms with Crippen molar-refractivity contribution in [2.75, 3.05) is 13.1 Å². The van der Waals surface area contributed by atoms with Gasteiger partial charge in [-0.2, -0.15) is 0 Å². The Morgan fingerprint density at radius 1 is 0.900 bits per heavy atom. The first-order valence-corrected chi connectivity index (χ1v) is 12.2. The van der Waals surface area contributed by atoms with Crippen LogP contribution < -0.4 is 16.0 Å². The third-order valence-corrected chi connectivity index (χ3v) is 5.31. The van der Waals surface area contributed by atoms with Crippen molar-refractivity contribution in [1.82, 2.24) is 16.0 Å². The first kappa shape index (κ1) is 36.6. The molecule has 222 valence electrons. The molecule has 1 atom stereocenters. The highest BCUT2D eigenvalue weighted by Gasteiger charge is 2.40. The van der Waals surface area contributed by atoms with Crippen LogP contribution in [0, 0.1) is 5.92 Å². The number of carbonyl (C=O) groups is 6. The van der Waals surface area contributed by atoms with Crippen molar-refractivity contribution in [3.05, 3.63) is 33.8 Å². The first-order chi connectivity index (χ1) is 18.4. The van der Waals surface area contributed by atoms with Gasteiger partial charge in [-0.3, -0.25) is 24.0 Å². The molecule has 0 aliphatic carbocycles. The standard InChI is InChI=1S/C16H22BCl2N3O5.C6H8O7/c1-9(2)5-13(17(26)27)22-15(24)8-20-14(23)7-21-16(25)11-6-10(18)3-4-12(11)19;7-3(8)1-6(13,5(11)12)2-4(9)10/h3-4,6,9,13,26-27H,5,7-8H2,1-2H3,(H,20,23)(H,21,25)(H,22,24);13H,1-2H2,(H,7,8)(H,9,10)(H,11,12)/t13-;/m0./s1. The van der Waals surface area contributed by atoms with Crippen LogP contribution in [0.2, 0.25) is 10.0 Å². The fraction of sp³-hybridized carbons (Fsp3) is 0.455. The van der Waals surface area contributed by atoms with Gasteiger partial charge in [-0.25, -0.2) is 4.79 Å². The zero-order valence-corrected chi connectivity index (χ0v) is 22.9. The molecule has 0 aliphatic heterocycles. The molecule has 0 aliphatic rings. The van der Waals surface area contributed by atoms with Gasteiger partial charge >= 0.3 is 25.0 Å². The van der Waals surface area contributed by atoms with Gasteiger partial charge in [0.05, 0.1) is 42.5 Å². The molecule has 1 aromatic carbocycles. The maximum absolute atomic E-state index is 12.0. The van der Waals surface area contributed by atoms with Gasteiger partial charge in [0.1, 0.15) is 0 Å². The van der Waals surface area contributed by atoms with Crippen LogP contribution >= 0.6 is 23.2 Å². The Bertz CT molecular complexity index is 1070. The smallest absolute Gasteiger partial charge is 0.475 e. The van der Waals surface area contributed by atoms with Crippen molar-refractivity contribution in [3.63, 3.8) is 0 Å². The third kappa shape index (κ3) is 14.6. The Morgan fingerprint density at radius 3 is 1.88 bits per heavy atom. The monoisotopic (exact) mass is 609 g/mol. The SMILES string of the molecule is CC(C)C[C@H](NC(=O)CNC(=O)CNC(=O)c1cc(Cl)ccc1Cl)B(O)O.O=C(O)CC(O)(CC(=O)O)C(=O)O. The number of carboxylic acids is 3. The lowest BCUT2D eigenvalue weighted by Crippen LogP contribution is -2.50. The molecule has 3 amide bonds. The summed E-state index contributed by atoms with van der Waals surface area (Å²) in [6.45, 7) is 3.01. The number of hydrogen-bond acceptors (Lipinski definition) is 9. The maximum atomic E-state index is 12.0. The molecule has 0 fully saturated rings. The largest absolute Gasteiger partial charge is 0.481 e. The number of amides is 3. The topological polar surface area (TPSA) is 260 Å². The van der Waals surface area contributed by atoms with Crippen molar-refractivity contribution < 1.29 is 59.2 Å². The van der Waals surface area contributed by atoms with Gasteiger partial charge in [0.25, 0.3) is 5.91 Å². The van der Waals surface area contributed by atoms with E-state index in [1.54, 1.807) is 0 Å². The number of benzene rings is 1. The summed E-state index contributed by atoms with van der Waals surface area (Å²) < 4.78 is 0. The van der Waals surface area contributed by atoms with E-state index in [4.69, 9.17) is 43.6 Å². The summed E-state index contributed by atoms with van der Waals surface area (Å²) in [6, 6.07) is 4.37. The third-order valence-electron chi connectivity index (χ3n) is 4.75. The fourth-order valence-corrected chi connectivity index (χ4v) is 3.28. The molecule has 15 nitrogen and oxygen atoms in total. The Labute approximate surface area is 238 Å². The highest BCUT2D eigenvalue weighted by molar-refractivity contribution is 6.43. The van der Waals surface area contributed by atoms with Crippen molar-refractivity contribution in [3.8, 4) is 0 Å². The lowest BCUT2D eigenvalue weighted by Gasteiger charge is -2.19. The molecular weight excluding hydrogens is 580 g/mol. The normalized spacial score (nSPS) is 11.4. The summed E-state index contributed by atoms with van der Waals surface area (Å²) in [7, 11) is -1.70. The van der Waals surface area contributed by atoms with E-state index in [1.807, 2.05) is 13.8 Å². The van der Waals surface area contributed by atoms with Gasteiger partial charge in [-0.05, 0) is 30.5 Å². The maximum Gasteiger partial charge on any atom is 0.475 e. The van der Waals surface area contributed by atoms with Crippen LogP contribution in [-0.2, 0) is 24.0 Å². The van der Waals surface area contributed by atoms with Crippen molar-refractivity contribution in [2.45, 2.75) is 44.7 Å². The zero-order valence-electron chi connectivity index (χ0n) is 21.4. The van der Waals surface area contributed by atoms with E-state index in [0.717, 1.165) is 0 Å². The average molecular weight is 610 g/mol. The molecule has 0 heterocycles. The lowest BCUT2D eigenvalue weighted by atomic mass is 9.75. The number of carboxylic acid groups (broad SMARTS) is 3. The minimum Gasteiger partial charge on any atom is -0.481 e. The number of hydrogen-bond donors (Lipinski definition) is 9. The highest BCUT2D eigenvalue weighted by atomic mass is 35.5. The molecule has 0 radical (unpaired) electrons. The second kappa shape index (κ2) is 17.3. The average Bonchev–Trinajstić information content (AvgIpc) is 2.81. The predicted molar refractivity (Wildman–Crippen MR) is 140 cm³/mol. The van der Waals surface area contributed by atoms with E-state index >= 15 is 0 Å². The molecule has 0 aromatic heterocycles. The quantitative estimate of drug-likeness (QED) is 0.117. The Hall–Kier alpha value is -3.44. The van der Waals surface area contributed by atoms with E-state index in [0.29, 0.717) is 11.4 Å². The van der Waals surface area contributed by atoms with Crippen LogP contribution in [-0.4, -0.2) is 97.9 Å². The van der Waals surface area contributed by atoms with Gasteiger partial charge in [-0.15, -0.1) is 0 Å². The number of aliphatic carboxylic acids is 3. The van der Waals surface area contributed by atoms with Crippen molar-refractivity contribution in [1.29, 1.82) is 0 Å². The van der Waals surface area contributed by atoms with Gasteiger partial charge in [0.15, 0.2) is 5.60 Å². The molecule has 0 spiro atoms. The molecule has 0 saturated carbocycles. The van der Waals surface area contributed by atoms with E-state index in [-0.39, 0.29) is 29.6 Å². The molecule has 0 saturated heterocycles. The van der Waals surface area contributed by atoms with Crippen LogP contribution in [0.4, 0.5) is 0 Å². The summed E-state index contributed by atoms with van der Waals surface area (Å²) in [4.78, 5) is 66.1. The number of halogens is 2. The zero-order chi connectivity index (χ0) is 31.2. The van der Waals surface area contributed by atoms with Gasteiger partial charge in [0, 0.05) is 5.02 Å². The minimum atomic E-state index is -2.74. The molecular formula is C22H30BCl2N3O12. The van der Waals surface area contributed by atoms with Crippen LogP contribution in [0.5, 0.6) is 0 Å². The molecule has 40 heavy (non-hydrogen) atoms. The van der Waals surface area contributed by atoms with Crippen LogP contribution in [0.1, 0.15) is 43.5 Å². The van der Waals surface area contributed by atoms with E-state index in [9.17, 15) is 38.8 Å². The fourth-order valence-electron chi connectivity index (χ4n) is 2.90. The molecule has 1 rings (SSSR count). The molecule has 0 bridgehead atoms. The summed E-state index contributed by atoms with van der Waals surface area (Å²) in [5.41, 5.74) is -2.61.